The third-order valence-electron chi connectivity index (χ3n) is 3.41. The number of carbonyl (C=O) groups is 1. The number of anilines is 2. The molecule has 0 unspecified atom stereocenters. The summed E-state index contributed by atoms with van der Waals surface area (Å²) in [4.78, 5) is 17.0. The first kappa shape index (κ1) is 16.6. The number of carbonyl (C=O) groups excluding carboxylic acids is 1. The van der Waals surface area contributed by atoms with Gasteiger partial charge in [-0.2, -0.15) is 0 Å². The first-order valence-electron chi connectivity index (χ1n) is 6.99. The van der Waals surface area contributed by atoms with Crippen LogP contribution in [0, 0.1) is 18.6 Å². The van der Waals surface area contributed by atoms with E-state index in [4.69, 9.17) is 0 Å². The lowest BCUT2D eigenvalue weighted by Crippen LogP contribution is -2.26. The minimum atomic E-state index is -0.974. The number of hydrogen-bond donors (Lipinski definition) is 1. The van der Waals surface area contributed by atoms with E-state index in [2.05, 4.69) is 10.3 Å². The van der Waals surface area contributed by atoms with Crippen LogP contribution in [0.25, 0.3) is 0 Å². The van der Waals surface area contributed by atoms with E-state index >= 15 is 0 Å². The van der Waals surface area contributed by atoms with Gasteiger partial charge in [0.25, 0.3) is 0 Å². The zero-order valence-corrected chi connectivity index (χ0v) is 13.1. The fraction of sp³-hybridized carbons (Fsp3) is 0.176. The summed E-state index contributed by atoms with van der Waals surface area (Å²) >= 11 is 0. The standard InChI is InChI=1S/C17H17F2N3O/c1-11-8-15(18)16(19)9-17(11)21-12(2)22(10-23)14-6-4-13(20-3)5-7-14/h4-10,20H,1-3H3. The number of benzene rings is 2. The Balaban J connectivity index is 2.37. The lowest BCUT2D eigenvalue weighted by atomic mass is 10.2. The number of nitrogens with zero attached hydrogens (tertiary/aromatic N) is 2. The molecule has 0 heterocycles. The minimum absolute atomic E-state index is 0.278. The number of nitrogens with one attached hydrogen (secondary N) is 1. The number of rotatable bonds is 4. The number of amides is 1. The monoisotopic (exact) mass is 317 g/mol. The van der Waals surface area contributed by atoms with Gasteiger partial charge in [0.05, 0.1) is 5.69 Å². The van der Waals surface area contributed by atoms with Crippen LogP contribution in [0.3, 0.4) is 0 Å². The molecule has 1 N–H and O–H groups in total. The van der Waals surface area contributed by atoms with Crippen LogP contribution >= 0.6 is 0 Å². The van der Waals surface area contributed by atoms with E-state index in [9.17, 15) is 13.6 Å². The number of hydrogen-bond acceptors (Lipinski definition) is 3. The van der Waals surface area contributed by atoms with Gasteiger partial charge in [-0.15, -0.1) is 0 Å². The van der Waals surface area contributed by atoms with Gasteiger partial charge in [-0.05, 0) is 49.7 Å². The van der Waals surface area contributed by atoms with E-state index in [1.165, 1.54) is 4.90 Å². The molecule has 0 aliphatic carbocycles. The Bertz CT molecular complexity index is 742. The van der Waals surface area contributed by atoms with Crippen molar-refractivity contribution in [3.05, 3.63) is 53.6 Å². The molecule has 6 heteroatoms. The van der Waals surface area contributed by atoms with Crippen LogP contribution < -0.4 is 10.2 Å². The largest absolute Gasteiger partial charge is 0.388 e. The van der Waals surface area contributed by atoms with Crippen LogP contribution in [0.5, 0.6) is 0 Å². The number of amidine groups is 1. The maximum absolute atomic E-state index is 13.4. The highest BCUT2D eigenvalue weighted by atomic mass is 19.2. The van der Waals surface area contributed by atoms with Crippen molar-refractivity contribution < 1.29 is 13.6 Å². The second-order valence-electron chi connectivity index (χ2n) is 4.98. The lowest BCUT2D eigenvalue weighted by molar-refractivity contribution is -0.106. The van der Waals surface area contributed by atoms with Crippen LogP contribution in [0.15, 0.2) is 41.4 Å². The number of halogens is 2. The molecule has 2 aromatic carbocycles. The molecule has 0 saturated heterocycles. The Morgan fingerprint density at radius 1 is 1.17 bits per heavy atom. The van der Waals surface area contributed by atoms with Crippen LogP contribution in [-0.4, -0.2) is 19.3 Å². The molecule has 1 amide bonds. The van der Waals surface area contributed by atoms with E-state index in [0.29, 0.717) is 23.5 Å². The maximum atomic E-state index is 13.4. The molecule has 0 fully saturated rings. The smallest absolute Gasteiger partial charge is 0.219 e. The Hall–Kier alpha value is -2.76. The highest BCUT2D eigenvalue weighted by molar-refractivity contribution is 6.09. The van der Waals surface area contributed by atoms with Gasteiger partial charge in [0.1, 0.15) is 5.84 Å². The van der Waals surface area contributed by atoms with Crippen molar-refractivity contribution in [3.63, 3.8) is 0 Å². The Kier molecular flexibility index (Phi) is 5.05. The van der Waals surface area contributed by atoms with E-state index in [-0.39, 0.29) is 5.69 Å². The van der Waals surface area contributed by atoms with Gasteiger partial charge in [-0.3, -0.25) is 9.69 Å². The summed E-state index contributed by atoms with van der Waals surface area (Å²) in [7, 11) is 1.80. The highest BCUT2D eigenvalue weighted by Gasteiger charge is 2.11. The third-order valence-corrected chi connectivity index (χ3v) is 3.41. The Morgan fingerprint density at radius 3 is 2.35 bits per heavy atom. The summed E-state index contributed by atoms with van der Waals surface area (Å²) in [5.74, 6) is -1.54. The summed E-state index contributed by atoms with van der Waals surface area (Å²) in [5.41, 5.74) is 2.30. The molecule has 23 heavy (non-hydrogen) atoms. The molecule has 0 spiro atoms. The average molecular weight is 317 g/mol. The van der Waals surface area contributed by atoms with Gasteiger partial charge in [0.2, 0.25) is 6.41 Å². The van der Waals surface area contributed by atoms with Crippen molar-refractivity contribution in [3.8, 4) is 0 Å². The normalized spacial score (nSPS) is 11.3. The number of aryl methyl sites for hydroxylation is 1. The van der Waals surface area contributed by atoms with Crippen molar-refractivity contribution in [1.29, 1.82) is 0 Å². The first-order valence-corrected chi connectivity index (χ1v) is 6.99. The average Bonchev–Trinajstić information content (AvgIpc) is 2.54. The van der Waals surface area contributed by atoms with E-state index in [0.717, 1.165) is 17.8 Å². The van der Waals surface area contributed by atoms with Crippen LogP contribution in [0.4, 0.5) is 25.8 Å². The van der Waals surface area contributed by atoms with E-state index < -0.39 is 11.6 Å². The predicted octanol–water partition coefficient (Wildman–Crippen LogP) is 4.03. The molecule has 0 atom stereocenters. The molecular weight excluding hydrogens is 300 g/mol. The van der Waals surface area contributed by atoms with Gasteiger partial charge in [0.15, 0.2) is 11.6 Å². The van der Waals surface area contributed by atoms with Crippen molar-refractivity contribution in [2.24, 2.45) is 4.99 Å². The third kappa shape index (κ3) is 3.71. The molecular formula is C17H17F2N3O. The minimum Gasteiger partial charge on any atom is -0.388 e. The summed E-state index contributed by atoms with van der Waals surface area (Å²) in [6.07, 6.45) is 0.627. The zero-order valence-electron chi connectivity index (χ0n) is 13.1. The second-order valence-corrected chi connectivity index (χ2v) is 4.98. The molecule has 0 aliphatic rings. The van der Waals surface area contributed by atoms with E-state index in [1.807, 2.05) is 12.1 Å². The summed E-state index contributed by atoms with van der Waals surface area (Å²) in [6.45, 7) is 3.25. The first-order chi connectivity index (χ1) is 11.0. The lowest BCUT2D eigenvalue weighted by Gasteiger charge is -2.17. The molecule has 2 aromatic rings. The van der Waals surface area contributed by atoms with Gasteiger partial charge in [0, 0.05) is 24.5 Å². The molecule has 0 saturated carbocycles. The SMILES string of the molecule is CNc1ccc(N(C=O)C(C)=Nc2cc(F)c(F)cc2C)cc1. The maximum Gasteiger partial charge on any atom is 0.219 e. The van der Waals surface area contributed by atoms with Crippen molar-refractivity contribution in [1.82, 2.24) is 0 Å². The van der Waals surface area contributed by atoms with E-state index in [1.54, 1.807) is 33.0 Å². The quantitative estimate of drug-likeness (QED) is 0.526. The predicted molar refractivity (Wildman–Crippen MR) is 88.4 cm³/mol. The van der Waals surface area contributed by atoms with Crippen molar-refractivity contribution in [2.45, 2.75) is 13.8 Å². The van der Waals surface area contributed by atoms with Gasteiger partial charge in [-0.1, -0.05) is 0 Å². The van der Waals surface area contributed by atoms with Crippen molar-refractivity contribution in [2.75, 3.05) is 17.3 Å². The van der Waals surface area contributed by atoms with Crippen LogP contribution in [-0.2, 0) is 4.79 Å². The molecule has 0 aromatic heterocycles. The molecule has 120 valence electrons. The highest BCUT2D eigenvalue weighted by Crippen LogP contribution is 2.24. The zero-order chi connectivity index (χ0) is 17.0. The summed E-state index contributed by atoms with van der Waals surface area (Å²) in [6, 6.07) is 9.26. The molecule has 4 nitrogen and oxygen atoms in total. The summed E-state index contributed by atoms with van der Waals surface area (Å²) in [5, 5.41) is 2.98. The number of aliphatic imine (C=N–C) groups is 1. The Morgan fingerprint density at radius 2 is 1.78 bits per heavy atom. The fourth-order valence-electron chi connectivity index (χ4n) is 2.10. The van der Waals surface area contributed by atoms with Crippen LogP contribution in [0.2, 0.25) is 0 Å². The topological polar surface area (TPSA) is 44.7 Å². The molecule has 0 aliphatic heterocycles. The fourth-order valence-corrected chi connectivity index (χ4v) is 2.10. The van der Waals surface area contributed by atoms with Crippen molar-refractivity contribution >= 4 is 29.3 Å². The summed E-state index contributed by atoms with van der Waals surface area (Å²) < 4.78 is 26.5. The molecule has 2 rings (SSSR count). The second kappa shape index (κ2) is 7.00. The van der Waals surface area contributed by atoms with Gasteiger partial charge in [-0.25, -0.2) is 13.8 Å². The van der Waals surface area contributed by atoms with Gasteiger partial charge >= 0.3 is 0 Å². The van der Waals surface area contributed by atoms with Gasteiger partial charge < -0.3 is 5.32 Å². The molecule has 0 radical (unpaired) electrons. The van der Waals surface area contributed by atoms with Crippen LogP contribution in [0.1, 0.15) is 12.5 Å². The molecule has 0 bridgehead atoms. The Labute approximate surface area is 133 Å².